The van der Waals surface area contributed by atoms with E-state index in [1.54, 1.807) is 22.2 Å². The molecule has 5 rings (SSSR count). The zero-order valence-corrected chi connectivity index (χ0v) is 17.5. The first kappa shape index (κ1) is 18.7. The first-order valence-electron chi connectivity index (χ1n) is 10.1. The van der Waals surface area contributed by atoms with Gasteiger partial charge in [0.05, 0.1) is 22.3 Å². The second-order valence-electron chi connectivity index (χ2n) is 7.37. The Balaban J connectivity index is 1.55. The standard InChI is InChI=1S/C22H22N6OS/c1-26-17(12-13-23-26)18-10-5-6-14-27(18)22(29)20-24-21(19-11-7-15-30-19)28(25-20)16-8-3-2-4-9-16/h2-4,7-9,11-13,15,18H,5-6,10,14H2,1H3. The summed E-state index contributed by atoms with van der Waals surface area (Å²) in [6.07, 6.45) is 4.77. The van der Waals surface area contributed by atoms with E-state index in [-0.39, 0.29) is 17.8 Å². The van der Waals surface area contributed by atoms with Crippen molar-refractivity contribution < 1.29 is 4.79 Å². The molecule has 3 aromatic heterocycles. The number of hydrogen-bond acceptors (Lipinski definition) is 5. The molecule has 1 saturated heterocycles. The van der Waals surface area contributed by atoms with Gasteiger partial charge in [0.25, 0.3) is 5.91 Å². The van der Waals surface area contributed by atoms with Crippen molar-refractivity contribution in [3.8, 4) is 16.4 Å². The van der Waals surface area contributed by atoms with Crippen LogP contribution in [0, 0.1) is 0 Å². The number of para-hydroxylation sites is 1. The van der Waals surface area contributed by atoms with Crippen molar-refractivity contribution in [2.45, 2.75) is 25.3 Å². The summed E-state index contributed by atoms with van der Waals surface area (Å²) in [6.45, 7) is 0.697. The number of aromatic nitrogens is 5. The molecule has 0 saturated carbocycles. The number of aryl methyl sites for hydroxylation is 1. The number of carbonyl (C=O) groups is 1. The van der Waals surface area contributed by atoms with Crippen molar-refractivity contribution in [3.05, 3.63) is 71.6 Å². The van der Waals surface area contributed by atoms with Gasteiger partial charge in [-0.2, -0.15) is 5.10 Å². The van der Waals surface area contributed by atoms with E-state index in [1.807, 2.05) is 70.5 Å². The summed E-state index contributed by atoms with van der Waals surface area (Å²) >= 11 is 1.59. The smallest absolute Gasteiger partial charge is 0.294 e. The van der Waals surface area contributed by atoms with Crippen LogP contribution in [-0.4, -0.2) is 41.9 Å². The molecule has 1 atom stereocenters. The molecular formula is C22H22N6OS. The minimum absolute atomic E-state index is 0.00684. The number of benzene rings is 1. The second-order valence-corrected chi connectivity index (χ2v) is 8.32. The van der Waals surface area contributed by atoms with Crippen LogP contribution >= 0.6 is 11.3 Å². The molecule has 1 fully saturated rings. The van der Waals surface area contributed by atoms with Crippen LogP contribution in [0.4, 0.5) is 0 Å². The molecule has 1 aromatic carbocycles. The Morgan fingerprint density at radius 1 is 1.10 bits per heavy atom. The highest BCUT2D eigenvalue weighted by Gasteiger charge is 2.33. The average Bonchev–Trinajstić information content (AvgIpc) is 3.54. The van der Waals surface area contributed by atoms with E-state index in [2.05, 4.69) is 10.2 Å². The summed E-state index contributed by atoms with van der Waals surface area (Å²) in [4.78, 5) is 21.1. The number of nitrogens with zero attached hydrogens (tertiary/aromatic N) is 6. The molecule has 30 heavy (non-hydrogen) atoms. The van der Waals surface area contributed by atoms with Gasteiger partial charge in [-0.1, -0.05) is 24.3 Å². The van der Waals surface area contributed by atoms with Gasteiger partial charge in [-0.3, -0.25) is 9.48 Å². The van der Waals surface area contributed by atoms with E-state index in [9.17, 15) is 4.79 Å². The Bertz CT molecular complexity index is 1150. The molecule has 1 aliphatic heterocycles. The molecule has 1 unspecified atom stereocenters. The lowest BCUT2D eigenvalue weighted by atomic mass is 9.99. The molecule has 1 amide bonds. The molecule has 4 aromatic rings. The summed E-state index contributed by atoms with van der Waals surface area (Å²) in [5, 5.41) is 10.9. The maximum Gasteiger partial charge on any atom is 0.294 e. The summed E-state index contributed by atoms with van der Waals surface area (Å²) in [5.41, 5.74) is 1.93. The van der Waals surface area contributed by atoms with Gasteiger partial charge >= 0.3 is 0 Å². The third-order valence-electron chi connectivity index (χ3n) is 5.50. The van der Waals surface area contributed by atoms with Crippen molar-refractivity contribution in [1.29, 1.82) is 0 Å². The molecule has 152 valence electrons. The van der Waals surface area contributed by atoms with E-state index in [1.165, 1.54) is 0 Å². The summed E-state index contributed by atoms with van der Waals surface area (Å²) in [6, 6.07) is 15.8. The molecule has 0 spiro atoms. The maximum atomic E-state index is 13.5. The topological polar surface area (TPSA) is 68.8 Å². The molecule has 4 heterocycles. The number of hydrogen-bond donors (Lipinski definition) is 0. The first-order valence-corrected chi connectivity index (χ1v) is 11.0. The van der Waals surface area contributed by atoms with Gasteiger partial charge in [0.1, 0.15) is 0 Å². The number of amides is 1. The van der Waals surface area contributed by atoms with Gasteiger partial charge in [0, 0.05) is 19.8 Å². The third-order valence-corrected chi connectivity index (χ3v) is 6.37. The van der Waals surface area contributed by atoms with Crippen molar-refractivity contribution in [1.82, 2.24) is 29.4 Å². The number of piperidine rings is 1. The average molecular weight is 419 g/mol. The number of thiophene rings is 1. The molecule has 7 nitrogen and oxygen atoms in total. The highest BCUT2D eigenvalue weighted by molar-refractivity contribution is 7.13. The summed E-state index contributed by atoms with van der Waals surface area (Å²) in [7, 11) is 1.92. The van der Waals surface area contributed by atoms with Crippen LogP contribution in [0.5, 0.6) is 0 Å². The minimum atomic E-state index is -0.131. The van der Waals surface area contributed by atoms with Gasteiger partial charge in [-0.15, -0.1) is 16.4 Å². The molecule has 0 aliphatic carbocycles. The molecular weight excluding hydrogens is 396 g/mol. The zero-order chi connectivity index (χ0) is 20.5. The van der Waals surface area contributed by atoms with E-state index < -0.39 is 0 Å². The fourth-order valence-corrected chi connectivity index (χ4v) is 4.74. The van der Waals surface area contributed by atoms with Crippen LogP contribution in [0.25, 0.3) is 16.4 Å². The number of carbonyl (C=O) groups excluding carboxylic acids is 1. The van der Waals surface area contributed by atoms with Crippen LogP contribution < -0.4 is 0 Å². The van der Waals surface area contributed by atoms with Crippen LogP contribution in [0.2, 0.25) is 0 Å². The SMILES string of the molecule is Cn1nccc1C1CCCCN1C(=O)c1nc(-c2cccs2)n(-c2ccccc2)n1. The van der Waals surface area contributed by atoms with Gasteiger partial charge in [0.2, 0.25) is 5.82 Å². The van der Waals surface area contributed by atoms with Crippen LogP contribution in [0.3, 0.4) is 0 Å². The Morgan fingerprint density at radius 2 is 1.97 bits per heavy atom. The number of rotatable bonds is 4. The maximum absolute atomic E-state index is 13.5. The Morgan fingerprint density at radius 3 is 2.70 bits per heavy atom. The highest BCUT2D eigenvalue weighted by Crippen LogP contribution is 2.32. The van der Waals surface area contributed by atoms with Crippen LogP contribution in [-0.2, 0) is 7.05 Å². The van der Waals surface area contributed by atoms with Crippen molar-refractivity contribution in [2.75, 3.05) is 6.54 Å². The molecule has 0 bridgehead atoms. The molecule has 0 radical (unpaired) electrons. The van der Waals surface area contributed by atoms with Crippen molar-refractivity contribution in [2.24, 2.45) is 7.05 Å². The lowest BCUT2D eigenvalue weighted by molar-refractivity contribution is 0.0588. The zero-order valence-electron chi connectivity index (χ0n) is 16.7. The first-order chi connectivity index (χ1) is 14.7. The predicted octanol–water partition coefficient (Wildman–Crippen LogP) is 4.10. The molecule has 1 aliphatic rings. The van der Waals surface area contributed by atoms with E-state index >= 15 is 0 Å². The Kier molecular flexibility index (Phi) is 4.92. The van der Waals surface area contributed by atoms with E-state index in [0.29, 0.717) is 12.4 Å². The van der Waals surface area contributed by atoms with Crippen LogP contribution in [0.1, 0.15) is 41.6 Å². The van der Waals surface area contributed by atoms with Gasteiger partial charge in [0.15, 0.2) is 5.82 Å². The highest BCUT2D eigenvalue weighted by atomic mass is 32.1. The Labute approximate surface area is 178 Å². The number of likely N-dealkylation sites (tertiary alicyclic amines) is 1. The van der Waals surface area contributed by atoms with E-state index in [4.69, 9.17) is 4.98 Å². The molecule has 8 heteroatoms. The lowest BCUT2D eigenvalue weighted by Crippen LogP contribution is -2.39. The second kappa shape index (κ2) is 7.87. The largest absolute Gasteiger partial charge is 0.327 e. The molecule has 0 N–H and O–H groups in total. The third kappa shape index (κ3) is 3.33. The van der Waals surface area contributed by atoms with Crippen molar-refractivity contribution in [3.63, 3.8) is 0 Å². The minimum Gasteiger partial charge on any atom is -0.327 e. The van der Waals surface area contributed by atoms with Gasteiger partial charge in [-0.25, -0.2) is 9.67 Å². The van der Waals surface area contributed by atoms with Gasteiger partial charge < -0.3 is 4.90 Å². The predicted molar refractivity (Wildman–Crippen MR) is 116 cm³/mol. The summed E-state index contributed by atoms with van der Waals surface area (Å²) < 4.78 is 3.62. The fourth-order valence-electron chi connectivity index (χ4n) is 4.04. The normalized spacial score (nSPS) is 16.7. The quantitative estimate of drug-likeness (QED) is 0.500. The van der Waals surface area contributed by atoms with Crippen molar-refractivity contribution >= 4 is 17.2 Å². The van der Waals surface area contributed by atoms with E-state index in [0.717, 1.165) is 35.5 Å². The van der Waals surface area contributed by atoms with Crippen LogP contribution in [0.15, 0.2) is 60.1 Å². The Hall–Kier alpha value is -3.26. The van der Waals surface area contributed by atoms with Gasteiger partial charge in [-0.05, 0) is 48.9 Å². The fraction of sp³-hybridized carbons (Fsp3) is 0.273. The monoisotopic (exact) mass is 418 g/mol. The summed E-state index contributed by atoms with van der Waals surface area (Å²) in [5.74, 6) is 0.790. The lowest BCUT2D eigenvalue weighted by Gasteiger charge is -2.35.